The van der Waals surface area contributed by atoms with Crippen molar-refractivity contribution in [2.45, 2.75) is 33.3 Å². The lowest BCUT2D eigenvalue weighted by molar-refractivity contribution is 0.124. The van der Waals surface area contributed by atoms with Crippen molar-refractivity contribution in [3.8, 4) is 0 Å². The molecule has 1 heterocycles. The zero-order valence-corrected chi connectivity index (χ0v) is 7.55. The Labute approximate surface area is 68.8 Å². The van der Waals surface area contributed by atoms with Gasteiger partial charge in [-0.3, -0.25) is 0 Å². The van der Waals surface area contributed by atoms with Gasteiger partial charge in [0.15, 0.2) is 0 Å². The van der Waals surface area contributed by atoms with Crippen LogP contribution in [0.25, 0.3) is 0 Å². The van der Waals surface area contributed by atoms with Crippen LogP contribution >= 0.6 is 0 Å². The van der Waals surface area contributed by atoms with Gasteiger partial charge in [-0.1, -0.05) is 17.7 Å². The van der Waals surface area contributed by atoms with Crippen LogP contribution in [-0.2, 0) is 4.74 Å². The normalized spacial score (nSPS) is 23.2. The topological polar surface area (TPSA) is 9.23 Å². The van der Waals surface area contributed by atoms with E-state index in [4.69, 9.17) is 4.74 Å². The Hall–Kier alpha value is -0.560. The molecule has 0 bridgehead atoms. The van der Waals surface area contributed by atoms with Crippen LogP contribution in [0.3, 0.4) is 0 Å². The molecule has 0 radical (unpaired) electrons. The molecular weight excluding hydrogens is 136 g/mol. The van der Waals surface area contributed by atoms with Gasteiger partial charge >= 0.3 is 0 Å². The second-order valence-corrected chi connectivity index (χ2v) is 3.29. The van der Waals surface area contributed by atoms with Gasteiger partial charge in [-0.25, -0.2) is 0 Å². The van der Waals surface area contributed by atoms with Gasteiger partial charge in [0.05, 0.1) is 12.7 Å². The first kappa shape index (κ1) is 8.54. The van der Waals surface area contributed by atoms with Crippen LogP contribution in [0.4, 0.5) is 0 Å². The Morgan fingerprint density at radius 3 is 2.91 bits per heavy atom. The van der Waals surface area contributed by atoms with Crippen LogP contribution in [0.1, 0.15) is 27.2 Å². The molecule has 62 valence electrons. The van der Waals surface area contributed by atoms with Crippen LogP contribution in [0.2, 0.25) is 0 Å². The van der Waals surface area contributed by atoms with Crippen molar-refractivity contribution in [3.05, 3.63) is 23.3 Å². The van der Waals surface area contributed by atoms with E-state index >= 15 is 0 Å². The van der Waals surface area contributed by atoms with Crippen molar-refractivity contribution in [2.24, 2.45) is 0 Å². The van der Waals surface area contributed by atoms with Gasteiger partial charge in [-0.05, 0) is 32.8 Å². The summed E-state index contributed by atoms with van der Waals surface area (Å²) in [4.78, 5) is 0. The van der Waals surface area contributed by atoms with Gasteiger partial charge in [0.1, 0.15) is 0 Å². The molecule has 1 nitrogen and oxygen atoms in total. The minimum atomic E-state index is 0.352. The van der Waals surface area contributed by atoms with Crippen LogP contribution in [0, 0.1) is 0 Å². The summed E-state index contributed by atoms with van der Waals surface area (Å²) in [5.74, 6) is 0. The molecule has 1 heteroatoms. The molecule has 0 aromatic carbocycles. The Morgan fingerprint density at radius 2 is 2.45 bits per heavy atom. The van der Waals surface area contributed by atoms with Crippen molar-refractivity contribution >= 4 is 0 Å². The van der Waals surface area contributed by atoms with Gasteiger partial charge < -0.3 is 4.74 Å². The molecule has 0 N–H and O–H groups in total. The third-order valence-corrected chi connectivity index (χ3v) is 1.95. The second kappa shape index (κ2) is 3.72. The molecule has 1 atom stereocenters. The molecule has 1 aliphatic rings. The summed E-state index contributed by atoms with van der Waals surface area (Å²) >= 11 is 0. The lowest BCUT2D eigenvalue weighted by atomic mass is 10.1. The fraction of sp³-hybridized carbons (Fsp3) is 0.600. The number of hydrogen-bond acceptors (Lipinski definition) is 1. The predicted octanol–water partition coefficient (Wildman–Crippen LogP) is 2.69. The first-order valence-corrected chi connectivity index (χ1v) is 4.12. The molecule has 1 aliphatic heterocycles. The smallest absolute Gasteiger partial charge is 0.0821 e. The highest BCUT2D eigenvalue weighted by Gasteiger charge is 2.13. The zero-order chi connectivity index (χ0) is 8.27. The largest absolute Gasteiger partial charge is 0.369 e. The van der Waals surface area contributed by atoms with Crippen LogP contribution < -0.4 is 0 Å². The molecule has 0 aliphatic carbocycles. The van der Waals surface area contributed by atoms with E-state index in [-0.39, 0.29) is 0 Å². The molecule has 0 saturated heterocycles. The van der Waals surface area contributed by atoms with Gasteiger partial charge in [0.25, 0.3) is 0 Å². The van der Waals surface area contributed by atoms with Gasteiger partial charge in [-0.15, -0.1) is 0 Å². The van der Waals surface area contributed by atoms with Crippen LogP contribution in [-0.4, -0.2) is 12.7 Å². The summed E-state index contributed by atoms with van der Waals surface area (Å²) in [6, 6.07) is 0. The molecule has 0 aromatic heterocycles. The fourth-order valence-corrected chi connectivity index (χ4v) is 1.16. The highest BCUT2D eigenvalue weighted by Crippen LogP contribution is 2.17. The number of ether oxygens (including phenoxy) is 1. The van der Waals surface area contributed by atoms with E-state index in [1.54, 1.807) is 0 Å². The average molecular weight is 152 g/mol. The Kier molecular flexibility index (Phi) is 2.89. The summed E-state index contributed by atoms with van der Waals surface area (Å²) in [5, 5.41) is 0. The van der Waals surface area contributed by atoms with Crippen molar-refractivity contribution in [2.75, 3.05) is 6.61 Å². The molecular formula is C10H16O. The highest BCUT2D eigenvalue weighted by molar-refractivity contribution is 5.12. The van der Waals surface area contributed by atoms with Gasteiger partial charge in [-0.2, -0.15) is 0 Å². The maximum absolute atomic E-state index is 5.48. The minimum absolute atomic E-state index is 0.352. The van der Waals surface area contributed by atoms with E-state index < -0.39 is 0 Å². The lowest BCUT2D eigenvalue weighted by Crippen LogP contribution is -2.06. The highest BCUT2D eigenvalue weighted by atomic mass is 16.5. The number of hydrogen-bond donors (Lipinski definition) is 0. The molecule has 0 spiro atoms. The zero-order valence-electron chi connectivity index (χ0n) is 7.55. The number of allylic oxidation sites excluding steroid dienone is 1. The predicted molar refractivity (Wildman–Crippen MR) is 47.5 cm³/mol. The van der Waals surface area contributed by atoms with E-state index in [0.717, 1.165) is 13.0 Å². The molecule has 0 aromatic rings. The SMILES string of the molecule is CC(C)=CCC1OCC=C1C. The first-order chi connectivity index (χ1) is 5.20. The van der Waals surface area contributed by atoms with Crippen molar-refractivity contribution in [1.29, 1.82) is 0 Å². The van der Waals surface area contributed by atoms with Crippen molar-refractivity contribution < 1.29 is 4.74 Å². The Balaban J connectivity index is 2.39. The standard InChI is InChI=1S/C10H16O/c1-8(2)4-5-10-9(3)6-7-11-10/h4,6,10H,5,7H2,1-3H3. The van der Waals surface area contributed by atoms with Crippen LogP contribution in [0.5, 0.6) is 0 Å². The maximum atomic E-state index is 5.48. The van der Waals surface area contributed by atoms with Crippen molar-refractivity contribution in [1.82, 2.24) is 0 Å². The Morgan fingerprint density at radius 1 is 1.73 bits per heavy atom. The summed E-state index contributed by atoms with van der Waals surface area (Å²) in [6.07, 6.45) is 5.77. The summed E-state index contributed by atoms with van der Waals surface area (Å²) in [5.41, 5.74) is 2.75. The van der Waals surface area contributed by atoms with Gasteiger partial charge in [0, 0.05) is 0 Å². The maximum Gasteiger partial charge on any atom is 0.0821 e. The summed E-state index contributed by atoms with van der Waals surface area (Å²) < 4.78 is 5.48. The molecule has 11 heavy (non-hydrogen) atoms. The summed E-state index contributed by atoms with van der Waals surface area (Å²) in [7, 11) is 0. The first-order valence-electron chi connectivity index (χ1n) is 4.12. The van der Waals surface area contributed by atoms with E-state index in [0.29, 0.717) is 6.10 Å². The van der Waals surface area contributed by atoms with E-state index in [1.807, 2.05) is 0 Å². The van der Waals surface area contributed by atoms with Gasteiger partial charge in [0.2, 0.25) is 0 Å². The van der Waals surface area contributed by atoms with Crippen LogP contribution in [0.15, 0.2) is 23.3 Å². The molecule has 1 unspecified atom stereocenters. The molecule has 1 rings (SSSR count). The summed E-state index contributed by atoms with van der Waals surface area (Å²) in [6.45, 7) is 7.17. The molecule has 0 saturated carbocycles. The quantitative estimate of drug-likeness (QED) is 0.553. The van der Waals surface area contributed by atoms with E-state index in [1.165, 1.54) is 11.1 Å². The third-order valence-electron chi connectivity index (χ3n) is 1.95. The monoisotopic (exact) mass is 152 g/mol. The Bertz CT molecular complexity index is 185. The second-order valence-electron chi connectivity index (χ2n) is 3.29. The number of rotatable bonds is 2. The lowest BCUT2D eigenvalue weighted by Gasteiger charge is -2.08. The average Bonchev–Trinajstić information content (AvgIpc) is 2.31. The van der Waals surface area contributed by atoms with E-state index in [9.17, 15) is 0 Å². The minimum Gasteiger partial charge on any atom is -0.369 e. The molecule has 0 amide bonds. The molecule has 0 fully saturated rings. The van der Waals surface area contributed by atoms with Crippen molar-refractivity contribution in [3.63, 3.8) is 0 Å². The fourth-order valence-electron chi connectivity index (χ4n) is 1.16. The van der Waals surface area contributed by atoms with E-state index in [2.05, 4.69) is 32.9 Å². The third kappa shape index (κ3) is 2.51.